The number of hydrogen-bond acceptors (Lipinski definition) is 8. The summed E-state index contributed by atoms with van der Waals surface area (Å²) in [5.41, 5.74) is 4.58. The molecule has 218 valence electrons. The third-order valence-corrected chi connectivity index (χ3v) is 7.97. The van der Waals surface area contributed by atoms with Crippen molar-refractivity contribution >= 4 is 23.1 Å². The summed E-state index contributed by atoms with van der Waals surface area (Å²) in [5.74, 6) is 2.29. The highest BCUT2D eigenvalue weighted by Crippen LogP contribution is 2.50. The Morgan fingerprint density at radius 2 is 1.83 bits per heavy atom. The van der Waals surface area contributed by atoms with Crippen molar-refractivity contribution in [2.75, 3.05) is 37.8 Å². The first-order chi connectivity index (χ1) is 20.3. The Hall–Kier alpha value is -4.66. The van der Waals surface area contributed by atoms with Crippen molar-refractivity contribution in [3.05, 3.63) is 83.1 Å². The molecule has 9 nitrogen and oxygen atoms in total. The lowest BCUT2D eigenvalue weighted by molar-refractivity contribution is -0.121. The zero-order chi connectivity index (χ0) is 29.4. The zero-order valence-electron chi connectivity index (χ0n) is 24.3. The Balaban J connectivity index is 1.42. The van der Waals surface area contributed by atoms with Crippen LogP contribution in [0.2, 0.25) is 0 Å². The van der Waals surface area contributed by atoms with E-state index in [9.17, 15) is 9.59 Å². The van der Waals surface area contributed by atoms with Crippen LogP contribution in [0.4, 0.5) is 11.4 Å². The molecular formula is C33H35N3O6. The first-order valence-corrected chi connectivity index (χ1v) is 14.0. The number of ether oxygens (including phenoxy) is 4. The Bertz CT molecular complexity index is 1580. The molecule has 0 fully saturated rings. The Morgan fingerprint density at radius 3 is 2.64 bits per heavy atom. The average Bonchev–Trinajstić information content (AvgIpc) is 3.39. The highest BCUT2D eigenvalue weighted by Gasteiger charge is 2.43. The number of nitrogens with zero attached hydrogens (tertiary/aromatic N) is 1. The summed E-state index contributed by atoms with van der Waals surface area (Å²) in [6.07, 6.45) is 1.09. The van der Waals surface area contributed by atoms with E-state index in [1.54, 1.807) is 14.2 Å². The van der Waals surface area contributed by atoms with E-state index >= 15 is 0 Å². The predicted molar refractivity (Wildman–Crippen MR) is 159 cm³/mol. The molecule has 3 aliphatic rings. The summed E-state index contributed by atoms with van der Waals surface area (Å²) < 4.78 is 22.4. The molecule has 0 aromatic heterocycles. The molecule has 0 spiro atoms. The monoisotopic (exact) mass is 569 g/mol. The maximum absolute atomic E-state index is 14.0. The van der Waals surface area contributed by atoms with Crippen molar-refractivity contribution in [2.45, 2.75) is 39.3 Å². The van der Waals surface area contributed by atoms with Crippen LogP contribution in [0, 0.1) is 5.41 Å². The first kappa shape index (κ1) is 27.5. The number of anilines is 2. The average molecular weight is 570 g/mol. The van der Waals surface area contributed by atoms with Gasteiger partial charge >= 0.3 is 0 Å². The van der Waals surface area contributed by atoms with E-state index in [4.69, 9.17) is 18.9 Å². The quantitative estimate of drug-likeness (QED) is 0.392. The van der Waals surface area contributed by atoms with Crippen LogP contribution in [-0.4, -0.2) is 39.2 Å². The molecule has 2 heterocycles. The highest BCUT2D eigenvalue weighted by atomic mass is 16.7. The molecular weight excluding hydrogens is 534 g/mol. The van der Waals surface area contributed by atoms with Gasteiger partial charge in [-0.1, -0.05) is 44.2 Å². The number of rotatable bonds is 7. The van der Waals surface area contributed by atoms with Gasteiger partial charge in [-0.05, 0) is 47.7 Å². The van der Waals surface area contributed by atoms with E-state index < -0.39 is 6.04 Å². The molecule has 2 N–H and O–H groups in total. The minimum atomic E-state index is -0.596. The summed E-state index contributed by atoms with van der Waals surface area (Å²) in [4.78, 5) is 29.6. The largest absolute Gasteiger partial charge is 0.493 e. The second-order valence-electron chi connectivity index (χ2n) is 11.6. The second kappa shape index (κ2) is 11.0. The van der Waals surface area contributed by atoms with E-state index in [0.29, 0.717) is 48.0 Å². The molecule has 3 aromatic carbocycles. The van der Waals surface area contributed by atoms with E-state index in [1.807, 2.05) is 65.6 Å². The topological polar surface area (TPSA) is 98.4 Å². The van der Waals surface area contributed by atoms with Crippen molar-refractivity contribution < 1.29 is 28.5 Å². The molecule has 42 heavy (non-hydrogen) atoms. The number of benzene rings is 3. The van der Waals surface area contributed by atoms with Gasteiger partial charge in [-0.2, -0.15) is 0 Å². The first-order valence-electron chi connectivity index (χ1n) is 14.0. The van der Waals surface area contributed by atoms with Crippen LogP contribution in [-0.2, 0) is 16.1 Å². The van der Waals surface area contributed by atoms with Crippen LogP contribution in [0.5, 0.6) is 23.0 Å². The molecule has 2 aliphatic heterocycles. The van der Waals surface area contributed by atoms with Crippen LogP contribution in [0.25, 0.3) is 0 Å². The molecule has 0 saturated carbocycles. The molecule has 0 bridgehead atoms. The fourth-order valence-electron chi connectivity index (χ4n) is 6.14. The van der Waals surface area contributed by atoms with Crippen molar-refractivity contribution in [1.29, 1.82) is 0 Å². The number of carbonyl (C=O) groups excluding carboxylic acids is 2. The maximum atomic E-state index is 14.0. The van der Waals surface area contributed by atoms with E-state index in [2.05, 4.69) is 24.5 Å². The number of nitrogens with one attached hydrogen (secondary N) is 2. The van der Waals surface area contributed by atoms with Gasteiger partial charge in [0.25, 0.3) is 0 Å². The van der Waals surface area contributed by atoms with Gasteiger partial charge < -0.3 is 34.5 Å². The fourth-order valence-corrected chi connectivity index (χ4v) is 6.14. The number of methoxy groups -OCH3 is 2. The number of Topliss-reactive ketones (excluding diaryl/α,β-unsaturated/α-hetero) is 1. The number of allylic oxidation sites excluding steroid dienone is 1. The smallest absolute Gasteiger partial charge is 0.239 e. The minimum absolute atomic E-state index is 0.00172. The standard InChI is InChI=1S/C33H35N3O6/c1-33(2)15-23-30(25(37)16-33)31(21-8-7-11-27(39-3)32(21)40-4)36(24-10-6-5-9-22(24)35-23)18-29(38)34-17-20-12-13-26-28(14-20)42-19-41-26/h5-14,31,35H,15-19H2,1-4H3,(H,34,38). The van der Waals surface area contributed by atoms with Crippen molar-refractivity contribution in [3.63, 3.8) is 0 Å². The van der Waals surface area contributed by atoms with Gasteiger partial charge in [0.15, 0.2) is 28.8 Å². The lowest BCUT2D eigenvalue weighted by Gasteiger charge is -2.38. The molecule has 9 heteroatoms. The van der Waals surface area contributed by atoms with E-state index in [-0.39, 0.29) is 30.4 Å². The molecule has 0 saturated heterocycles. The third-order valence-electron chi connectivity index (χ3n) is 7.97. The summed E-state index contributed by atoms with van der Waals surface area (Å²) in [6, 6.07) is 18.5. The summed E-state index contributed by atoms with van der Waals surface area (Å²) >= 11 is 0. The SMILES string of the molecule is COc1cccc(C2C3=C(CC(C)(C)CC3=O)Nc3ccccc3N2CC(=O)NCc2ccc3c(c2)OCO3)c1OC. The lowest BCUT2D eigenvalue weighted by Crippen LogP contribution is -2.42. The molecule has 3 aromatic rings. The zero-order valence-corrected chi connectivity index (χ0v) is 24.3. The van der Waals surface area contributed by atoms with Crippen molar-refractivity contribution in [3.8, 4) is 23.0 Å². The van der Waals surface area contributed by atoms with Crippen LogP contribution >= 0.6 is 0 Å². The molecule has 6 rings (SSSR count). The van der Waals surface area contributed by atoms with Gasteiger partial charge in [0, 0.05) is 29.8 Å². The van der Waals surface area contributed by atoms with E-state index in [0.717, 1.165) is 28.2 Å². The summed E-state index contributed by atoms with van der Waals surface area (Å²) in [7, 11) is 3.18. The van der Waals surface area contributed by atoms with Crippen LogP contribution in [0.3, 0.4) is 0 Å². The number of hydrogen-bond donors (Lipinski definition) is 2. The predicted octanol–water partition coefficient (Wildman–Crippen LogP) is 5.37. The number of fused-ring (bicyclic) bond motifs is 2. The number of ketones is 1. The van der Waals surface area contributed by atoms with Crippen molar-refractivity contribution in [1.82, 2.24) is 5.32 Å². The number of para-hydroxylation sites is 3. The molecule has 1 amide bonds. The van der Waals surface area contributed by atoms with E-state index in [1.165, 1.54) is 0 Å². The summed E-state index contributed by atoms with van der Waals surface area (Å²) in [6.45, 7) is 4.72. The molecule has 1 unspecified atom stereocenters. The molecule has 1 atom stereocenters. The van der Waals surface area contributed by atoms with Gasteiger partial charge in [-0.25, -0.2) is 0 Å². The van der Waals surface area contributed by atoms with Gasteiger partial charge in [-0.3, -0.25) is 9.59 Å². The number of carbonyl (C=O) groups is 2. The third kappa shape index (κ3) is 5.11. The van der Waals surface area contributed by atoms with Crippen LogP contribution in [0.15, 0.2) is 71.9 Å². The fraction of sp³-hybridized carbons (Fsp3) is 0.333. The van der Waals surface area contributed by atoms with Crippen molar-refractivity contribution in [2.24, 2.45) is 5.41 Å². The van der Waals surface area contributed by atoms with Gasteiger partial charge in [0.1, 0.15) is 0 Å². The maximum Gasteiger partial charge on any atom is 0.239 e. The Kier molecular flexibility index (Phi) is 7.18. The molecule has 1 aliphatic carbocycles. The Labute approximate surface area is 245 Å². The summed E-state index contributed by atoms with van der Waals surface area (Å²) in [5, 5.41) is 6.64. The minimum Gasteiger partial charge on any atom is -0.493 e. The van der Waals surface area contributed by atoms with Crippen LogP contribution in [0.1, 0.15) is 43.9 Å². The van der Waals surface area contributed by atoms with Gasteiger partial charge in [0.2, 0.25) is 12.7 Å². The lowest BCUT2D eigenvalue weighted by atomic mass is 9.73. The normalized spacial score (nSPS) is 18.4. The van der Waals surface area contributed by atoms with Crippen LogP contribution < -0.4 is 34.5 Å². The highest BCUT2D eigenvalue weighted by molar-refractivity contribution is 6.02. The second-order valence-corrected chi connectivity index (χ2v) is 11.6. The Morgan fingerprint density at radius 1 is 1.02 bits per heavy atom. The molecule has 0 radical (unpaired) electrons. The van der Waals surface area contributed by atoms with Gasteiger partial charge in [0.05, 0.1) is 38.2 Å². The van der Waals surface area contributed by atoms with Gasteiger partial charge in [-0.15, -0.1) is 0 Å². The number of amides is 1.